The Hall–Kier alpha value is -3.83. The number of ether oxygens (including phenoxy) is 1. The van der Waals surface area contributed by atoms with Gasteiger partial charge in [-0.1, -0.05) is 5.10 Å². The second-order valence-corrected chi connectivity index (χ2v) is 4.92. The number of carbonyl (C=O) groups excluding carboxylic acids is 1. The van der Waals surface area contributed by atoms with Crippen LogP contribution in [0.2, 0.25) is 0 Å². The van der Waals surface area contributed by atoms with Gasteiger partial charge in [-0.25, -0.2) is 0 Å². The molecule has 2 N–H and O–H groups in total. The molecule has 1 aliphatic rings. The van der Waals surface area contributed by atoms with Crippen LogP contribution in [0.1, 0.15) is 12.5 Å². The molecular formula is C13H11N7O5. The van der Waals surface area contributed by atoms with Crippen molar-refractivity contribution in [3.05, 3.63) is 33.4 Å². The van der Waals surface area contributed by atoms with Crippen molar-refractivity contribution in [3.8, 4) is 11.5 Å². The number of benzene rings is 1. The summed E-state index contributed by atoms with van der Waals surface area (Å²) in [5, 5.41) is 38.8. The number of hydrogen-bond acceptors (Lipinski definition) is 9. The van der Waals surface area contributed by atoms with E-state index in [1.54, 1.807) is 6.92 Å². The van der Waals surface area contributed by atoms with Crippen LogP contribution in [-0.2, 0) is 4.79 Å². The molecule has 1 aromatic heterocycles. The zero-order valence-electron chi connectivity index (χ0n) is 13.0. The third kappa shape index (κ3) is 2.75. The Morgan fingerprint density at radius 2 is 2.20 bits per heavy atom. The van der Waals surface area contributed by atoms with Gasteiger partial charge in [0, 0.05) is 6.07 Å². The number of phenolic OH excluding ortho intramolecular Hbond substituents is 1. The van der Waals surface area contributed by atoms with Crippen molar-refractivity contribution in [2.75, 3.05) is 12.1 Å². The third-order valence-corrected chi connectivity index (χ3v) is 3.39. The molecule has 1 amide bonds. The second kappa shape index (κ2) is 5.99. The minimum atomic E-state index is -0.747. The third-order valence-electron chi connectivity index (χ3n) is 3.39. The van der Waals surface area contributed by atoms with Crippen LogP contribution in [-0.4, -0.2) is 49.4 Å². The molecular weight excluding hydrogens is 334 g/mol. The number of nitro benzene ring substituents is 1. The quantitative estimate of drug-likeness (QED) is 0.463. The van der Waals surface area contributed by atoms with Crippen molar-refractivity contribution in [2.24, 2.45) is 5.10 Å². The molecule has 0 saturated carbocycles. The number of aromatic hydroxyl groups is 1. The monoisotopic (exact) mass is 345 g/mol. The van der Waals surface area contributed by atoms with E-state index in [4.69, 9.17) is 4.74 Å². The van der Waals surface area contributed by atoms with Gasteiger partial charge in [-0.05, 0) is 29.8 Å². The average molecular weight is 345 g/mol. The van der Waals surface area contributed by atoms with Gasteiger partial charge in [-0.3, -0.25) is 14.9 Å². The highest BCUT2D eigenvalue weighted by Gasteiger charge is 2.31. The smallest absolute Gasteiger partial charge is 0.315 e. The lowest BCUT2D eigenvalue weighted by molar-refractivity contribution is -0.386. The van der Waals surface area contributed by atoms with Crippen LogP contribution in [0, 0.1) is 10.1 Å². The Labute approximate surface area is 139 Å². The molecule has 25 heavy (non-hydrogen) atoms. The Morgan fingerprint density at radius 1 is 1.44 bits per heavy atom. The summed E-state index contributed by atoms with van der Waals surface area (Å²) in [6.07, 6.45) is 1.40. The first-order chi connectivity index (χ1) is 11.9. The summed E-state index contributed by atoms with van der Waals surface area (Å²) >= 11 is 0. The maximum atomic E-state index is 12.5. The number of phenols is 1. The van der Waals surface area contributed by atoms with Crippen molar-refractivity contribution < 1.29 is 19.6 Å². The fourth-order valence-electron chi connectivity index (χ4n) is 2.22. The molecule has 128 valence electrons. The van der Waals surface area contributed by atoms with Gasteiger partial charge in [-0.15, -0.1) is 5.10 Å². The number of anilines is 1. The predicted molar refractivity (Wildman–Crippen MR) is 84.1 cm³/mol. The van der Waals surface area contributed by atoms with Crippen molar-refractivity contribution in [1.29, 1.82) is 0 Å². The van der Waals surface area contributed by atoms with Gasteiger partial charge in [0.1, 0.15) is 0 Å². The molecule has 3 rings (SSSR count). The van der Waals surface area contributed by atoms with Crippen molar-refractivity contribution in [2.45, 2.75) is 6.92 Å². The molecule has 0 spiro atoms. The number of hydrazone groups is 1. The summed E-state index contributed by atoms with van der Waals surface area (Å²) in [7, 11) is 1.26. The zero-order valence-corrected chi connectivity index (χ0v) is 13.0. The Kier molecular flexibility index (Phi) is 3.85. The van der Waals surface area contributed by atoms with Crippen LogP contribution in [0.3, 0.4) is 0 Å². The van der Waals surface area contributed by atoms with E-state index in [1.165, 1.54) is 19.3 Å². The highest BCUT2D eigenvalue weighted by molar-refractivity contribution is 6.31. The number of aromatic nitrogens is 4. The summed E-state index contributed by atoms with van der Waals surface area (Å²) < 4.78 is 4.93. The largest absolute Gasteiger partial charge is 0.500 e. The van der Waals surface area contributed by atoms with Gasteiger partial charge in [-0.2, -0.15) is 15.3 Å². The molecule has 0 bridgehead atoms. The molecule has 0 saturated heterocycles. The molecule has 1 aromatic carbocycles. The molecule has 0 fully saturated rings. The van der Waals surface area contributed by atoms with Gasteiger partial charge < -0.3 is 9.84 Å². The molecule has 0 radical (unpaired) electrons. The maximum Gasteiger partial charge on any atom is 0.315 e. The summed E-state index contributed by atoms with van der Waals surface area (Å²) in [5.41, 5.74) is 0.298. The van der Waals surface area contributed by atoms with Crippen molar-refractivity contribution in [1.82, 2.24) is 20.6 Å². The average Bonchev–Trinajstić information content (AvgIpc) is 3.19. The summed E-state index contributed by atoms with van der Waals surface area (Å²) in [6.45, 7) is 1.59. The van der Waals surface area contributed by atoms with E-state index in [0.29, 0.717) is 5.71 Å². The summed E-state index contributed by atoms with van der Waals surface area (Å²) in [6, 6.07) is 2.50. The van der Waals surface area contributed by atoms with Crippen LogP contribution >= 0.6 is 0 Å². The van der Waals surface area contributed by atoms with E-state index >= 15 is 0 Å². The van der Waals surface area contributed by atoms with Gasteiger partial charge in [0.15, 0.2) is 5.75 Å². The standard InChI is InChI=1S/C13H11N7O5/c1-6-8(12(22)19(16-6)13-14-17-18-15-13)3-7-4-9(20(23)24)11(21)10(5-7)25-2/h3-5,21H,1-2H3,(H,14,15,17,18). The molecule has 12 nitrogen and oxygen atoms in total. The van der Waals surface area contributed by atoms with Crippen LogP contribution in [0.5, 0.6) is 11.5 Å². The van der Waals surface area contributed by atoms with E-state index in [-0.39, 0.29) is 22.8 Å². The lowest BCUT2D eigenvalue weighted by Crippen LogP contribution is -2.22. The number of nitro groups is 1. The van der Waals surface area contributed by atoms with Crippen molar-refractivity contribution >= 4 is 29.3 Å². The van der Waals surface area contributed by atoms with E-state index < -0.39 is 22.3 Å². The first-order valence-corrected chi connectivity index (χ1v) is 6.83. The van der Waals surface area contributed by atoms with Gasteiger partial charge in [0.05, 0.1) is 23.3 Å². The molecule has 12 heteroatoms. The number of hydrogen-bond donors (Lipinski definition) is 2. The summed E-state index contributed by atoms with van der Waals surface area (Å²) in [4.78, 5) is 22.8. The van der Waals surface area contributed by atoms with Crippen LogP contribution in [0.25, 0.3) is 6.08 Å². The molecule has 1 aliphatic heterocycles. The SMILES string of the molecule is COc1cc(C=C2C(=O)N(c3nn[nH]n3)N=C2C)cc([N+](=O)[O-])c1O. The number of methoxy groups -OCH3 is 1. The lowest BCUT2D eigenvalue weighted by atomic mass is 10.1. The van der Waals surface area contributed by atoms with Crippen molar-refractivity contribution in [3.63, 3.8) is 0 Å². The fraction of sp³-hybridized carbons (Fsp3) is 0.154. The van der Waals surface area contributed by atoms with E-state index in [9.17, 15) is 20.0 Å². The highest BCUT2D eigenvalue weighted by atomic mass is 16.6. The molecule has 0 atom stereocenters. The molecule has 0 aliphatic carbocycles. The Morgan fingerprint density at radius 3 is 2.80 bits per heavy atom. The predicted octanol–water partition coefficient (Wildman–Crippen LogP) is 0.628. The fourth-order valence-corrected chi connectivity index (χ4v) is 2.22. The van der Waals surface area contributed by atoms with Gasteiger partial charge >= 0.3 is 5.69 Å². The van der Waals surface area contributed by atoms with Crippen LogP contribution < -0.4 is 9.75 Å². The van der Waals surface area contributed by atoms with E-state index in [2.05, 4.69) is 25.7 Å². The van der Waals surface area contributed by atoms with E-state index in [0.717, 1.165) is 11.1 Å². The number of tetrazole rings is 1. The van der Waals surface area contributed by atoms with Gasteiger partial charge in [0.25, 0.3) is 11.9 Å². The van der Waals surface area contributed by atoms with E-state index in [1.807, 2.05) is 0 Å². The number of aromatic amines is 1. The number of rotatable bonds is 4. The Balaban J connectivity index is 2.04. The first kappa shape index (κ1) is 16.0. The topological polar surface area (TPSA) is 160 Å². The highest BCUT2D eigenvalue weighted by Crippen LogP contribution is 2.37. The minimum absolute atomic E-state index is 0.0259. The molecule has 2 heterocycles. The number of H-pyrrole nitrogens is 1. The van der Waals surface area contributed by atoms with Gasteiger partial charge in [0.2, 0.25) is 5.75 Å². The second-order valence-electron chi connectivity index (χ2n) is 4.92. The molecule has 2 aromatic rings. The lowest BCUT2D eigenvalue weighted by Gasteiger charge is -2.07. The normalized spacial score (nSPS) is 15.6. The van der Waals surface area contributed by atoms with Crippen LogP contribution in [0.4, 0.5) is 11.6 Å². The number of nitrogens with one attached hydrogen (secondary N) is 1. The zero-order chi connectivity index (χ0) is 18.1. The maximum absolute atomic E-state index is 12.5. The number of amides is 1. The number of nitrogens with zero attached hydrogens (tertiary/aromatic N) is 6. The number of carbonyl (C=O) groups is 1. The molecule has 0 unspecified atom stereocenters. The Bertz CT molecular complexity index is 919. The first-order valence-electron chi connectivity index (χ1n) is 6.83. The van der Waals surface area contributed by atoms with Crippen LogP contribution in [0.15, 0.2) is 22.8 Å². The minimum Gasteiger partial charge on any atom is -0.500 e. The summed E-state index contributed by atoms with van der Waals surface area (Å²) in [5.74, 6) is -1.22.